The molecule has 88 valence electrons. The van der Waals surface area contributed by atoms with Gasteiger partial charge in [0.2, 0.25) is 0 Å². The van der Waals surface area contributed by atoms with Crippen LogP contribution in [0.4, 0.5) is 35.9 Å². The normalized spacial score (nSPS) is 11.9. The number of carbonyl (C=O) groups excluding carboxylic acids is 2. The van der Waals surface area contributed by atoms with Crippen molar-refractivity contribution < 1.29 is 50.1 Å². The highest BCUT2D eigenvalue weighted by Crippen LogP contribution is 2.19. The van der Waals surface area contributed by atoms with E-state index in [4.69, 9.17) is 0 Å². The van der Waals surface area contributed by atoms with E-state index in [0.717, 1.165) is 0 Å². The number of alkyl halides is 6. The zero-order valence-electron chi connectivity index (χ0n) is 6.31. The molecule has 0 aromatic rings. The van der Waals surface area contributed by atoms with Gasteiger partial charge in [0.1, 0.15) is 0 Å². The Bertz CT molecular complexity index is 227. The van der Waals surface area contributed by atoms with Gasteiger partial charge in [-0.2, -0.15) is 0 Å². The second-order valence-electron chi connectivity index (χ2n) is 1.70. The van der Waals surface area contributed by atoms with Crippen molar-refractivity contribution in [2.45, 2.75) is 12.7 Å². The molecule has 0 aliphatic carbocycles. The summed E-state index contributed by atoms with van der Waals surface area (Å²) in [6.07, 6.45) is -16.3. The highest BCUT2D eigenvalue weighted by molar-refractivity contribution is 5.77. The van der Waals surface area contributed by atoms with E-state index in [-0.39, 0.29) is 0 Å². The van der Waals surface area contributed by atoms with Crippen LogP contribution in [0.3, 0.4) is 0 Å². The fraction of sp³-hybridized carbons (Fsp3) is 0.500. The van der Waals surface area contributed by atoms with Crippen molar-refractivity contribution in [2.75, 3.05) is 0 Å². The summed E-state index contributed by atoms with van der Waals surface area (Å²) < 4.78 is 74.8. The molecule has 0 spiro atoms. The minimum Gasteiger partial charge on any atom is -0.340 e. The summed E-state index contributed by atoms with van der Waals surface area (Å²) >= 11 is 0. The molecule has 5 nitrogen and oxygen atoms in total. The number of hydrogen-bond acceptors (Lipinski definition) is 5. The molecule has 0 amide bonds. The van der Waals surface area contributed by atoms with Gasteiger partial charge in [0.25, 0.3) is 0 Å². The van der Waals surface area contributed by atoms with Crippen LogP contribution in [-0.2, 0) is 14.2 Å². The van der Waals surface area contributed by atoms with Gasteiger partial charge in [0.05, 0.1) is 0 Å². The minimum absolute atomic E-state index is 2.39. The molecule has 0 aromatic carbocycles. The largest absolute Gasteiger partial charge is 0.577 e. The average Bonchev–Trinajstić information content (AvgIpc) is 1.73. The lowest BCUT2D eigenvalue weighted by Gasteiger charge is -2.07. The van der Waals surface area contributed by atoms with Crippen LogP contribution in [-0.4, -0.2) is 25.0 Å². The fourth-order valence-electron chi connectivity index (χ4n) is 0.299. The first kappa shape index (κ1) is 13.3. The molecule has 0 bridgehead atoms. The van der Waals surface area contributed by atoms with Crippen molar-refractivity contribution in [1.29, 1.82) is 0 Å². The molecule has 0 aromatic heterocycles. The van der Waals surface area contributed by atoms with Crippen LogP contribution >= 0.6 is 0 Å². The number of carbonyl (C=O) groups is 2. The smallest absolute Gasteiger partial charge is 0.340 e. The molecule has 0 N–H and O–H groups in total. The Morgan fingerprint density at radius 3 is 1.20 bits per heavy atom. The van der Waals surface area contributed by atoms with E-state index in [1.807, 2.05) is 0 Å². The number of ether oxygens (including phenoxy) is 3. The van der Waals surface area contributed by atoms with E-state index in [2.05, 4.69) is 14.2 Å². The molecule has 0 atom stereocenters. The predicted octanol–water partition coefficient (Wildman–Crippen LogP) is 2.32. The van der Waals surface area contributed by atoms with Gasteiger partial charge in [-0.05, 0) is 0 Å². The van der Waals surface area contributed by atoms with Gasteiger partial charge in [0.15, 0.2) is 0 Å². The highest BCUT2D eigenvalue weighted by Gasteiger charge is 2.39. The van der Waals surface area contributed by atoms with E-state index < -0.39 is 25.0 Å². The SMILES string of the molecule is O=C(OC(=O)OC(F)(F)F)OC(F)(F)F. The molecule has 0 saturated carbocycles. The van der Waals surface area contributed by atoms with Crippen molar-refractivity contribution in [2.24, 2.45) is 0 Å². The molecule has 0 radical (unpaired) electrons. The molecule has 0 rings (SSSR count). The van der Waals surface area contributed by atoms with Gasteiger partial charge in [0, 0.05) is 0 Å². The molecule has 15 heavy (non-hydrogen) atoms. The summed E-state index contributed by atoms with van der Waals surface area (Å²) in [4.78, 5) is 19.8. The Morgan fingerprint density at radius 1 is 0.733 bits per heavy atom. The summed E-state index contributed by atoms with van der Waals surface area (Å²) in [6.45, 7) is 0. The standard InChI is InChI=1S/C4F6O5/c5-3(6,7)14-1(11)13-2(12)15-4(8,9)10. The van der Waals surface area contributed by atoms with Crippen LogP contribution < -0.4 is 0 Å². The van der Waals surface area contributed by atoms with Gasteiger partial charge in [-0.3, -0.25) is 0 Å². The van der Waals surface area contributed by atoms with E-state index in [9.17, 15) is 35.9 Å². The molecular weight excluding hydrogens is 242 g/mol. The fourth-order valence-corrected chi connectivity index (χ4v) is 0.299. The van der Waals surface area contributed by atoms with Crippen LogP contribution in [0.1, 0.15) is 0 Å². The second kappa shape index (κ2) is 4.23. The first-order chi connectivity index (χ1) is 6.49. The summed E-state index contributed by atoms with van der Waals surface area (Å²) in [5.74, 6) is 0. The second-order valence-corrected chi connectivity index (χ2v) is 1.70. The van der Waals surface area contributed by atoms with Crippen molar-refractivity contribution in [3.05, 3.63) is 0 Å². The van der Waals surface area contributed by atoms with Gasteiger partial charge in [-0.25, -0.2) is 9.59 Å². The Kier molecular flexibility index (Phi) is 3.76. The lowest BCUT2D eigenvalue weighted by Crippen LogP contribution is -2.26. The monoisotopic (exact) mass is 242 g/mol. The summed E-state index contributed by atoms with van der Waals surface area (Å²) in [5.41, 5.74) is 0. The van der Waals surface area contributed by atoms with Crippen LogP contribution in [0.5, 0.6) is 0 Å². The average molecular weight is 242 g/mol. The molecule has 11 heteroatoms. The molecular formula is C4F6O5. The van der Waals surface area contributed by atoms with Crippen LogP contribution in [0.15, 0.2) is 0 Å². The van der Waals surface area contributed by atoms with Gasteiger partial charge in [-0.15, -0.1) is 26.3 Å². The zero-order chi connectivity index (χ0) is 12.3. The van der Waals surface area contributed by atoms with Crippen molar-refractivity contribution in [3.63, 3.8) is 0 Å². The molecule has 0 unspecified atom stereocenters. The van der Waals surface area contributed by atoms with Gasteiger partial charge in [-0.1, -0.05) is 0 Å². The van der Waals surface area contributed by atoms with Crippen LogP contribution in [0, 0.1) is 0 Å². The van der Waals surface area contributed by atoms with E-state index in [1.54, 1.807) is 0 Å². The van der Waals surface area contributed by atoms with E-state index in [0.29, 0.717) is 0 Å². The maximum absolute atomic E-state index is 11.2. The summed E-state index contributed by atoms with van der Waals surface area (Å²) in [7, 11) is 0. The lowest BCUT2D eigenvalue weighted by molar-refractivity contribution is -0.307. The number of halogens is 6. The minimum atomic E-state index is -5.48. The van der Waals surface area contributed by atoms with Crippen molar-refractivity contribution in [3.8, 4) is 0 Å². The third kappa shape index (κ3) is 8.64. The van der Waals surface area contributed by atoms with Gasteiger partial charge >= 0.3 is 25.0 Å². The van der Waals surface area contributed by atoms with Crippen LogP contribution in [0.25, 0.3) is 0 Å². The molecule has 0 aliphatic heterocycles. The van der Waals surface area contributed by atoms with E-state index in [1.165, 1.54) is 0 Å². The van der Waals surface area contributed by atoms with Crippen LogP contribution in [0.2, 0.25) is 0 Å². The lowest BCUT2D eigenvalue weighted by atomic mass is 11.1. The quantitative estimate of drug-likeness (QED) is 0.370. The number of hydrogen-bond donors (Lipinski definition) is 0. The maximum Gasteiger partial charge on any atom is 0.577 e. The predicted molar refractivity (Wildman–Crippen MR) is 26.2 cm³/mol. The first-order valence-corrected chi connectivity index (χ1v) is 2.77. The Morgan fingerprint density at radius 2 is 1.00 bits per heavy atom. The third-order valence-corrected chi connectivity index (χ3v) is 0.565. The first-order valence-electron chi connectivity index (χ1n) is 2.77. The maximum atomic E-state index is 11.2. The topological polar surface area (TPSA) is 61.8 Å². The number of rotatable bonds is 0. The highest BCUT2D eigenvalue weighted by atomic mass is 19.4. The third-order valence-electron chi connectivity index (χ3n) is 0.565. The van der Waals surface area contributed by atoms with E-state index >= 15 is 0 Å². The van der Waals surface area contributed by atoms with Crippen molar-refractivity contribution in [1.82, 2.24) is 0 Å². The molecule has 0 fully saturated rings. The van der Waals surface area contributed by atoms with Gasteiger partial charge < -0.3 is 14.2 Å². The molecule has 0 heterocycles. The summed E-state index contributed by atoms with van der Waals surface area (Å²) in [6, 6.07) is 0. The Labute approximate surface area is 76.5 Å². The Hall–Kier alpha value is -1.68. The molecule has 0 aliphatic rings. The zero-order valence-corrected chi connectivity index (χ0v) is 6.31. The Balaban J connectivity index is 4.04. The van der Waals surface area contributed by atoms with Crippen molar-refractivity contribution >= 4 is 12.3 Å². The molecule has 0 saturated heterocycles. The summed E-state index contributed by atoms with van der Waals surface area (Å²) in [5, 5.41) is 0.